The van der Waals surface area contributed by atoms with Crippen LogP contribution in [0.1, 0.15) is 90.9 Å². The molecule has 6 aliphatic rings. The Kier molecular flexibility index (Phi) is 14.3. The number of quaternary nitrogens is 1. The number of rotatable bonds is 12. The second-order valence-corrected chi connectivity index (χ2v) is 17.8. The van der Waals surface area contributed by atoms with E-state index >= 15 is 0 Å². The maximum atomic E-state index is 14.1. The van der Waals surface area contributed by atoms with E-state index in [1.54, 1.807) is 6.92 Å². The van der Waals surface area contributed by atoms with Gasteiger partial charge in [-0.05, 0) is 102 Å². The van der Waals surface area contributed by atoms with Crippen molar-refractivity contribution in [3.8, 4) is 0 Å². The van der Waals surface area contributed by atoms with Crippen molar-refractivity contribution < 1.29 is 54.6 Å². The Morgan fingerprint density at radius 1 is 1.07 bits per heavy atom. The number of hydrogen-bond donors (Lipinski definition) is 9. The van der Waals surface area contributed by atoms with Gasteiger partial charge in [-0.3, -0.25) is 10.5 Å². The maximum absolute atomic E-state index is 14.1. The number of aliphatic hydroxyl groups excluding tert-OH is 5. The minimum atomic E-state index is -1.16. The first kappa shape index (κ1) is 42.1. The molecule has 4 aliphatic heterocycles. The number of Topliss-reactive ketones (excluding diaryl/α,β-unsaturated/α-hetero) is 1. The number of hydrogen-bond acceptors (Lipinski definition) is 13. The predicted molar refractivity (Wildman–Crippen MR) is 198 cm³/mol. The average molecular weight is 766 g/mol. The van der Waals surface area contributed by atoms with Gasteiger partial charge in [-0.15, -0.1) is 0 Å². The third kappa shape index (κ3) is 8.94. The van der Waals surface area contributed by atoms with E-state index in [-0.39, 0.29) is 73.4 Å². The molecule has 14 heteroatoms. The van der Waals surface area contributed by atoms with Crippen LogP contribution in [0.4, 0.5) is 0 Å². The molecular formula is C40H69N4O10+. The van der Waals surface area contributed by atoms with Crippen LogP contribution in [-0.4, -0.2) is 125 Å². The van der Waals surface area contributed by atoms with Crippen LogP contribution in [-0.2, 0) is 23.8 Å². The summed E-state index contributed by atoms with van der Waals surface area (Å²) in [5, 5.41) is 60.4. The molecule has 308 valence electrons. The smallest absolute Gasteiger partial charge is 0.336 e. The van der Waals surface area contributed by atoms with Gasteiger partial charge >= 0.3 is 5.97 Å². The summed E-state index contributed by atoms with van der Waals surface area (Å²) in [7, 11) is 0. The molecule has 17 unspecified atom stereocenters. The van der Waals surface area contributed by atoms with Gasteiger partial charge in [-0.1, -0.05) is 12.5 Å². The van der Waals surface area contributed by atoms with Gasteiger partial charge in [0, 0.05) is 37.2 Å². The van der Waals surface area contributed by atoms with Crippen LogP contribution in [0.5, 0.6) is 0 Å². The monoisotopic (exact) mass is 766 g/mol. The fraction of sp³-hybridized carbons (Fsp3) is 0.900. The van der Waals surface area contributed by atoms with E-state index in [0.29, 0.717) is 31.7 Å². The number of ketones is 1. The highest BCUT2D eigenvalue weighted by atomic mass is 16.6. The van der Waals surface area contributed by atoms with Crippen molar-refractivity contribution in [2.75, 3.05) is 32.9 Å². The minimum absolute atomic E-state index is 0.0152. The number of aliphatic hydroxyl groups is 5. The Hall–Kier alpha value is -1.56. The molecule has 4 heterocycles. The summed E-state index contributed by atoms with van der Waals surface area (Å²) in [5.74, 6) is -2.92. The Labute approximate surface area is 320 Å². The molecule has 0 amide bonds. The van der Waals surface area contributed by atoms with E-state index in [1.165, 1.54) is 6.08 Å². The largest absolute Gasteiger partial charge is 0.456 e. The number of allylic oxidation sites excluding steroid dienone is 1. The molecule has 2 saturated carbocycles. The molecule has 14 nitrogen and oxygen atoms in total. The van der Waals surface area contributed by atoms with E-state index in [0.717, 1.165) is 51.5 Å². The summed E-state index contributed by atoms with van der Waals surface area (Å²) in [5.41, 5.74) is 11.9. The number of esters is 1. The number of fused-ring (bicyclic) bond motifs is 2. The lowest BCUT2D eigenvalue weighted by Crippen LogP contribution is -2.95. The summed E-state index contributed by atoms with van der Waals surface area (Å²) in [6.45, 7) is 4.26. The fourth-order valence-electron chi connectivity index (χ4n) is 11.5. The van der Waals surface area contributed by atoms with Crippen LogP contribution in [0, 0.1) is 47.3 Å². The lowest BCUT2D eigenvalue weighted by molar-refractivity contribution is -0.703. The summed E-state index contributed by atoms with van der Waals surface area (Å²) in [6, 6.07) is 0. The minimum Gasteiger partial charge on any atom is -0.456 e. The number of piperidine rings is 2. The third-order valence-corrected chi connectivity index (χ3v) is 14.5. The number of nitrogens with one attached hydrogen (secondary N) is 1. The molecule has 12 N–H and O–H groups in total. The van der Waals surface area contributed by atoms with Crippen LogP contribution in [0.15, 0.2) is 11.6 Å². The van der Waals surface area contributed by atoms with E-state index in [9.17, 15) is 35.1 Å². The van der Waals surface area contributed by atoms with Crippen LogP contribution in [0.3, 0.4) is 0 Å². The first-order valence-corrected chi connectivity index (χ1v) is 20.9. The molecule has 17 atom stereocenters. The number of nitrogens with two attached hydrogens (primary N) is 3. The molecule has 0 bridgehead atoms. The Morgan fingerprint density at radius 3 is 2.52 bits per heavy atom. The van der Waals surface area contributed by atoms with Gasteiger partial charge in [0.15, 0.2) is 0 Å². The quantitative estimate of drug-likeness (QED) is 0.0894. The zero-order chi connectivity index (χ0) is 38.7. The Balaban J connectivity index is 1.44. The molecule has 2 aliphatic carbocycles. The number of ether oxygens (including phenoxy) is 3. The van der Waals surface area contributed by atoms with Gasteiger partial charge in [0.25, 0.3) is 0 Å². The lowest BCUT2D eigenvalue weighted by Gasteiger charge is -2.61. The molecule has 0 radical (unpaired) electrons. The van der Waals surface area contributed by atoms with Gasteiger partial charge in [0.05, 0.1) is 67.9 Å². The van der Waals surface area contributed by atoms with E-state index < -0.39 is 72.6 Å². The molecule has 6 fully saturated rings. The van der Waals surface area contributed by atoms with E-state index in [4.69, 9.17) is 25.7 Å². The van der Waals surface area contributed by atoms with Crippen LogP contribution in [0.25, 0.3) is 0 Å². The first-order chi connectivity index (χ1) is 25.9. The van der Waals surface area contributed by atoms with Crippen molar-refractivity contribution in [1.82, 2.24) is 5.32 Å². The molecule has 6 rings (SSSR count). The highest BCUT2D eigenvalue weighted by Crippen LogP contribution is 2.56. The van der Waals surface area contributed by atoms with Gasteiger partial charge in [0.2, 0.25) is 0 Å². The van der Waals surface area contributed by atoms with Crippen LogP contribution < -0.4 is 22.1 Å². The van der Waals surface area contributed by atoms with Crippen molar-refractivity contribution in [3.05, 3.63) is 11.6 Å². The normalized spacial score (nSPS) is 44.5. The van der Waals surface area contributed by atoms with Crippen LogP contribution >= 0.6 is 0 Å². The molecule has 0 aromatic rings. The SMILES string of the molecule is CC=C(CO)C(=O)OC1CC2C(O)C3C(=O)CC(CO)OC3C(C(C3CCNC(N)C3)C(CO)C3CCCC(O)C3)C2OC1(C)CCC1CCC(N)[NH2+]C1. The van der Waals surface area contributed by atoms with E-state index in [1.807, 2.05) is 6.92 Å². The highest BCUT2D eigenvalue weighted by molar-refractivity contribution is 5.88. The van der Waals surface area contributed by atoms with Gasteiger partial charge in [0.1, 0.15) is 23.7 Å². The van der Waals surface area contributed by atoms with Gasteiger partial charge in [-0.25, -0.2) is 4.79 Å². The van der Waals surface area contributed by atoms with Crippen molar-refractivity contribution in [1.29, 1.82) is 0 Å². The van der Waals surface area contributed by atoms with Gasteiger partial charge < -0.3 is 56.1 Å². The first-order valence-electron chi connectivity index (χ1n) is 20.9. The summed E-state index contributed by atoms with van der Waals surface area (Å²) < 4.78 is 20.3. The second-order valence-electron chi connectivity index (χ2n) is 17.8. The van der Waals surface area contributed by atoms with Crippen molar-refractivity contribution in [2.24, 2.45) is 58.8 Å². The molecule has 54 heavy (non-hydrogen) atoms. The summed E-state index contributed by atoms with van der Waals surface area (Å²) in [6.07, 6.45) is 4.59. The molecule has 0 spiro atoms. The van der Waals surface area contributed by atoms with Crippen molar-refractivity contribution in [3.63, 3.8) is 0 Å². The Morgan fingerprint density at radius 2 is 1.87 bits per heavy atom. The number of carbonyl (C=O) groups excluding carboxylic acids is 2. The topological polar surface area (TPSA) is 244 Å². The summed E-state index contributed by atoms with van der Waals surface area (Å²) in [4.78, 5) is 27.6. The molecule has 4 saturated heterocycles. The average Bonchev–Trinajstić information content (AvgIpc) is 3.15. The molecule has 0 aromatic heterocycles. The van der Waals surface area contributed by atoms with Gasteiger partial charge in [-0.2, -0.15) is 0 Å². The standard InChI is InChI=1S/C40H68N4O10/c1-3-22(18-45)39(51)53-30-16-27-36(50)34-29(49)15-26(19-46)52-38(34)35(37(27)54-40(30,2)11-9-21-7-8-31(41)44-17-21)33(24-10-12-43-32(42)14-24)28(20-47)23-5-4-6-25(48)13-23/h3,21,23-28,30-38,43-48,50H,4-20,41-42H2,1-2H3/p+1. The highest BCUT2D eigenvalue weighted by Gasteiger charge is 2.64. The van der Waals surface area contributed by atoms with Crippen LogP contribution in [0.2, 0.25) is 0 Å². The van der Waals surface area contributed by atoms with E-state index in [2.05, 4.69) is 10.6 Å². The zero-order valence-corrected chi connectivity index (χ0v) is 32.3. The number of carbonyl (C=O) groups is 2. The third-order valence-electron chi connectivity index (χ3n) is 14.5. The molecular weight excluding hydrogens is 696 g/mol. The Bertz CT molecular complexity index is 1300. The second kappa shape index (κ2) is 18.4. The summed E-state index contributed by atoms with van der Waals surface area (Å²) >= 11 is 0. The van der Waals surface area contributed by atoms with Crippen molar-refractivity contribution in [2.45, 2.75) is 145 Å². The van der Waals surface area contributed by atoms with Crippen molar-refractivity contribution >= 4 is 11.8 Å². The fourth-order valence-corrected chi connectivity index (χ4v) is 11.5. The lowest BCUT2D eigenvalue weighted by atomic mass is 9.53. The zero-order valence-electron chi connectivity index (χ0n) is 32.3. The maximum Gasteiger partial charge on any atom is 0.336 e. The molecule has 0 aromatic carbocycles. The predicted octanol–water partition coefficient (Wildman–Crippen LogP) is -0.575.